The summed E-state index contributed by atoms with van der Waals surface area (Å²) in [5.41, 5.74) is 0.849. The lowest BCUT2D eigenvalue weighted by Gasteiger charge is -2.19. The Bertz CT molecular complexity index is 657. The Morgan fingerprint density at radius 2 is 0.895 bits per heavy atom. The lowest BCUT2D eigenvalue weighted by atomic mass is 10.1. The molecule has 0 saturated heterocycles. The summed E-state index contributed by atoms with van der Waals surface area (Å²) in [4.78, 5) is 22.7. The van der Waals surface area contributed by atoms with Crippen LogP contribution >= 0.6 is 7.60 Å². The Morgan fingerprint density at radius 3 is 1.29 bits per heavy atom. The van der Waals surface area contributed by atoms with Gasteiger partial charge in [0.25, 0.3) is 0 Å². The molecule has 0 aromatic rings. The molecule has 0 aliphatic carbocycles. The van der Waals surface area contributed by atoms with Crippen molar-refractivity contribution in [2.24, 2.45) is 0 Å². The fraction of sp³-hybridized carbons (Fsp3) is 0.800. The first kappa shape index (κ1) is 36.6. The first-order valence-electron chi connectivity index (χ1n) is 14.7. The van der Waals surface area contributed by atoms with Crippen molar-refractivity contribution in [3.05, 3.63) is 24.3 Å². The number of hydrogen-bond donors (Lipinski definition) is 0. The van der Waals surface area contributed by atoms with Crippen molar-refractivity contribution in [1.82, 2.24) is 0 Å². The topological polar surface area (TPSA) is 88.1 Å². The van der Waals surface area contributed by atoms with Crippen LogP contribution in [0.4, 0.5) is 0 Å². The molecule has 0 aliphatic rings. The Hall–Kier alpha value is -1.43. The van der Waals surface area contributed by atoms with Crippen LogP contribution in [0.25, 0.3) is 0 Å². The summed E-state index contributed by atoms with van der Waals surface area (Å²) >= 11 is 0. The third-order valence-corrected chi connectivity index (χ3v) is 8.12. The van der Waals surface area contributed by atoms with Crippen molar-refractivity contribution in [3.8, 4) is 0 Å². The van der Waals surface area contributed by atoms with Crippen molar-refractivity contribution < 1.29 is 32.7 Å². The number of rotatable bonds is 27. The van der Waals surface area contributed by atoms with Crippen LogP contribution in [-0.2, 0) is 32.7 Å². The Labute approximate surface area is 232 Å². The summed E-state index contributed by atoms with van der Waals surface area (Å²) < 4.78 is 35.2. The highest BCUT2D eigenvalue weighted by Crippen LogP contribution is 2.49. The van der Waals surface area contributed by atoms with Crippen LogP contribution in [0.1, 0.15) is 124 Å². The standard InChI is InChI=1S/C30H55O7P/c1-6-7-8-9-16-21-26-38(33,36-24-19-14-10-12-17-22-34-29(31)27(2)3)37-25-20-15-11-13-18-23-35-30(32)28(4)5/h2,4,6-26H2,1,3,5H3. The molecule has 0 aliphatic heterocycles. The third kappa shape index (κ3) is 22.5. The highest BCUT2D eigenvalue weighted by molar-refractivity contribution is 7.53. The quantitative estimate of drug-likeness (QED) is 0.0431. The van der Waals surface area contributed by atoms with Gasteiger partial charge in [-0.1, -0.05) is 90.7 Å². The normalized spacial score (nSPS) is 11.3. The van der Waals surface area contributed by atoms with Crippen LogP contribution in [0.3, 0.4) is 0 Å². The fourth-order valence-electron chi connectivity index (χ4n) is 3.70. The molecule has 8 heteroatoms. The van der Waals surface area contributed by atoms with Gasteiger partial charge in [-0.05, 0) is 46.0 Å². The van der Waals surface area contributed by atoms with Gasteiger partial charge in [0, 0.05) is 11.1 Å². The molecule has 0 spiro atoms. The lowest BCUT2D eigenvalue weighted by Crippen LogP contribution is -2.06. The van der Waals surface area contributed by atoms with Gasteiger partial charge >= 0.3 is 19.5 Å². The third-order valence-electron chi connectivity index (χ3n) is 6.10. The maximum absolute atomic E-state index is 13.3. The van der Waals surface area contributed by atoms with E-state index in [2.05, 4.69) is 20.1 Å². The van der Waals surface area contributed by atoms with E-state index in [1.54, 1.807) is 13.8 Å². The molecule has 0 unspecified atom stereocenters. The van der Waals surface area contributed by atoms with Crippen molar-refractivity contribution in [3.63, 3.8) is 0 Å². The molecule has 7 nitrogen and oxygen atoms in total. The number of unbranched alkanes of at least 4 members (excludes halogenated alkanes) is 13. The molecule has 0 fully saturated rings. The molecule has 0 atom stereocenters. The monoisotopic (exact) mass is 558 g/mol. The van der Waals surface area contributed by atoms with E-state index < -0.39 is 7.60 Å². The second-order valence-corrected chi connectivity index (χ2v) is 12.3. The van der Waals surface area contributed by atoms with Gasteiger partial charge in [-0.25, -0.2) is 9.59 Å². The number of carbonyl (C=O) groups excluding carboxylic acids is 2. The van der Waals surface area contributed by atoms with E-state index >= 15 is 0 Å². The van der Waals surface area contributed by atoms with Crippen LogP contribution in [0.2, 0.25) is 0 Å². The number of hydrogen-bond acceptors (Lipinski definition) is 7. The molecule has 0 radical (unpaired) electrons. The lowest BCUT2D eigenvalue weighted by molar-refractivity contribution is -0.139. The van der Waals surface area contributed by atoms with Crippen LogP contribution in [-0.4, -0.2) is 44.5 Å². The molecule has 0 bridgehead atoms. The summed E-state index contributed by atoms with van der Waals surface area (Å²) in [6.45, 7) is 14.4. The molecule has 0 rings (SSSR count). The number of carbonyl (C=O) groups is 2. The van der Waals surface area contributed by atoms with E-state index in [4.69, 9.17) is 18.5 Å². The average Bonchev–Trinajstić information content (AvgIpc) is 2.88. The van der Waals surface area contributed by atoms with Gasteiger partial charge in [0.15, 0.2) is 0 Å². The molecule has 0 aromatic heterocycles. The highest BCUT2D eigenvalue weighted by atomic mass is 31.2. The summed E-state index contributed by atoms with van der Waals surface area (Å²) in [5.74, 6) is -0.665. The predicted molar refractivity (Wildman–Crippen MR) is 155 cm³/mol. The first-order valence-corrected chi connectivity index (χ1v) is 16.5. The van der Waals surface area contributed by atoms with E-state index in [-0.39, 0.29) is 11.9 Å². The second-order valence-electron chi connectivity index (χ2n) is 10.1. The Kier molecular flexibility index (Phi) is 23.7. The molecular formula is C30H55O7P. The van der Waals surface area contributed by atoms with Crippen LogP contribution in [0.5, 0.6) is 0 Å². The van der Waals surface area contributed by atoms with E-state index in [9.17, 15) is 14.2 Å². The van der Waals surface area contributed by atoms with E-state index in [0.717, 1.165) is 83.5 Å². The molecule has 0 aromatic carbocycles. The zero-order chi connectivity index (χ0) is 28.5. The smallest absolute Gasteiger partial charge is 0.333 e. The first-order chi connectivity index (χ1) is 18.2. The summed E-state index contributed by atoms with van der Waals surface area (Å²) in [7, 11) is -3.08. The van der Waals surface area contributed by atoms with Crippen LogP contribution < -0.4 is 0 Å². The Balaban J connectivity index is 4.12. The minimum atomic E-state index is -3.08. The maximum atomic E-state index is 13.3. The maximum Gasteiger partial charge on any atom is 0.333 e. The second kappa shape index (κ2) is 24.6. The molecule has 0 amide bonds. The van der Waals surface area contributed by atoms with Gasteiger partial charge in [-0.15, -0.1) is 0 Å². The van der Waals surface area contributed by atoms with Gasteiger partial charge in [-0.2, -0.15) is 0 Å². The van der Waals surface area contributed by atoms with Gasteiger partial charge < -0.3 is 18.5 Å². The summed E-state index contributed by atoms with van der Waals surface area (Å²) in [6, 6.07) is 0. The molecule has 222 valence electrons. The van der Waals surface area contributed by atoms with Crippen molar-refractivity contribution in [1.29, 1.82) is 0 Å². The van der Waals surface area contributed by atoms with E-state index in [1.165, 1.54) is 19.3 Å². The zero-order valence-electron chi connectivity index (χ0n) is 24.6. The zero-order valence-corrected chi connectivity index (χ0v) is 25.5. The molecule has 0 saturated carbocycles. The van der Waals surface area contributed by atoms with Crippen molar-refractivity contribution >= 4 is 19.5 Å². The average molecular weight is 559 g/mol. The van der Waals surface area contributed by atoms with Gasteiger partial charge in [0.1, 0.15) is 0 Å². The van der Waals surface area contributed by atoms with Crippen molar-refractivity contribution in [2.45, 2.75) is 124 Å². The van der Waals surface area contributed by atoms with Crippen LogP contribution in [0.15, 0.2) is 24.3 Å². The van der Waals surface area contributed by atoms with Crippen LogP contribution in [0, 0.1) is 0 Å². The van der Waals surface area contributed by atoms with Gasteiger partial charge in [-0.3, -0.25) is 4.57 Å². The summed E-state index contributed by atoms with van der Waals surface area (Å²) in [6.07, 6.45) is 16.6. The van der Waals surface area contributed by atoms with Gasteiger partial charge in [0.2, 0.25) is 0 Å². The van der Waals surface area contributed by atoms with E-state index in [1.807, 2.05) is 0 Å². The van der Waals surface area contributed by atoms with Crippen molar-refractivity contribution in [2.75, 3.05) is 32.6 Å². The highest BCUT2D eigenvalue weighted by Gasteiger charge is 2.23. The largest absolute Gasteiger partial charge is 0.462 e. The molecule has 0 heterocycles. The van der Waals surface area contributed by atoms with Gasteiger partial charge in [0.05, 0.1) is 32.6 Å². The summed E-state index contributed by atoms with van der Waals surface area (Å²) in [5, 5.41) is 0. The SMILES string of the molecule is C=C(C)C(=O)OCCCCCCCOP(=O)(CCCCCCCC)OCCCCCCCOC(=O)C(=C)C. The fourth-order valence-corrected chi connectivity index (χ4v) is 5.46. The molecule has 0 N–H and O–H groups in total. The van der Waals surface area contributed by atoms with E-state index in [0.29, 0.717) is 43.7 Å². The number of esters is 2. The molecule has 38 heavy (non-hydrogen) atoms. The minimum absolute atomic E-state index is 0.332. The Morgan fingerprint density at radius 1 is 0.553 bits per heavy atom. The molecular weight excluding hydrogens is 503 g/mol. The number of ether oxygens (including phenoxy) is 2. The minimum Gasteiger partial charge on any atom is -0.462 e. The predicted octanol–water partition coefficient (Wildman–Crippen LogP) is 8.71.